The lowest BCUT2D eigenvalue weighted by Crippen LogP contribution is -2.40. The van der Waals surface area contributed by atoms with Gasteiger partial charge in [-0.25, -0.2) is 0 Å². The molecule has 1 saturated heterocycles. The molecule has 0 radical (unpaired) electrons. The van der Waals surface area contributed by atoms with Crippen LogP contribution in [0.5, 0.6) is 0 Å². The van der Waals surface area contributed by atoms with Gasteiger partial charge in [0.25, 0.3) is 0 Å². The second-order valence-electron chi connectivity index (χ2n) is 6.95. The molecule has 0 aliphatic carbocycles. The highest BCUT2D eigenvalue weighted by atomic mass is 16.2. The van der Waals surface area contributed by atoms with Crippen LogP contribution in [0, 0.1) is 5.92 Å². The second kappa shape index (κ2) is 8.67. The van der Waals surface area contributed by atoms with Crippen LogP contribution >= 0.6 is 0 Å². The molecule has 4 nitrogen and oxygen atoms in total. The van der Waals surface area contributed by atoms with Crippen molar-refractivity contribution in [1.29, 1.82) is 0 Å². The molecule has 0 spiro atoms. The topological polar surface area (TPSA) is 63.4 Å². The number of primary amides is 1. The molecule has 0 bridgehead atoms. The maximum atomic E-state index is 12.3. The predicted molar refractivity (Wildman–Crippen MR) is 97.3 cm³/mol. The number of hydrogen-bond acceptors (Lipinski definition) is 2. The molecule has 1 aliphatic rings. The molecule has 2 rings (SSSR count). The first-order valence-electron chi connectivity index (χ1n) is 8.78. The largest absolute Gasteiger partial charge is 0.370 e. The summed E-state index contributed by atoms with van der Waals surface area (Å²) in [6, 6.07) is 8.43. The first-order chi connectivity index (χ1) is 11.5. The van der Waals surface area contributed by atoms with Crippen LogP contribution in [0.2, 0.25) is 0 Å². The van der Waals surface area contributed by atoms with Gasteiger partial charge in [-0.05, 0) is 35.8 Å². The van der Waals surface area contributed by atoms with E-state index in [1.165, 1.54) is 5.56 Å². The molecule has 24 heavy (non-hydrogen) atoms. The summed E-state index contributed by atoms with van der Waals surface area (Å²) >= 11 is 0. The Balaban J connectivity index is 1.84. The molecule has 0 saturated carbocycles. The molecule has 1 unspecified atom stereocenters. The zero-order valence-electron chi connectivity index (χ0n) is 14.7. The highest BCUT2D eigenvalue weighted by Crippen LogP contribution is 2.20. The maximum absolute atomic E-state index is 12.3. The van der Waals surface area contributed by atoms with Crippen molar-refractivity contribution in [3.8, 4) is 0 Å². The van der Waals surface area contributed by atoms with Gasteiger partial charge in [-0.2, -0.15) is 0 Å². The van der Waals surface area contributed by atoms with Crippen LogP contribution < -0.4 is 5.73 Å². The Bertz CT molecular complexity index is 590. The standard InChI is InChI=1S/C20H28N2O2/c1-15(2)18-10-8-16(9-11-18)5-3-7-20(24)22-12-4-6-17(14-22)13-19(21)23/h3,5,8-11,15,17H,4,6-7,12-14H2,1-2H3,(H2,21,23). The van der Waals surface area contributed by atoms with E-state index < -0.39 is 0 Å². The van der Waals surface area contributed by atoms with Crippen LogP contribution in [0.15, 0.2) is 30.3 Å². The molecule has 1 atom stereocenters. The van der Waals surface area contributed by atoms with Gasteiger partial charge in [0, 0.05) is 25.9 Å². The van der Waals surface area contributed by atoms with E-state index in [4.69, 9.17) is 5.73 Å². The fourth-order valence-corrected chi connectivity index (χ4v) is 3.16. The van der Waals surface area contributed by atoms with E-state index in [2.05, 4.69) is 38.1 Å². The number of carbonyl (C=O) groups is 2. The molecule has 0 aromatic heterocycles. The molecule has 1 heterocycles. The Morgan fingerprint density at radius 1 is 1.29 bits per heavy atom. The van der Waals surface area contributed by atoms with Crippen molar-refractivity contribution in [3.05, 3.63) is 41.5 Å². The molecule has 2 amide bonds. The average Bonchev–Trinajstić information content (AvgIpc) is 2.55. The minimum absolute atomic E-state index is 0.124. The fourth-order valence-electron chi connectivity index (χ4n) is 3.16. The molecular weight excluding hydrogens is 300 g/mol. The highest BCUT2D eigenvalue weighted by molar-refractivity contribution is 5.79. The lowest BCUT2D eigenvalue weighted by Gasteiger charge is -2.32. The molecule has 130 valence electrons. The van der Waals surface area contributed by atoms with Crippen LogP contribution in [0.4, 0.5) is 0 Å². The van der Waals surface area contributed by atoms with Crippen LogP contribution in [0.1, 0.15) is 56.6 Å². The Morgan fingerprint density at radius 3 is 2.62 bits per heavy atom. The van der Waals surface area contributed by atoms with E-state index >= 15 is 0 Å². The Kier molecular flexibility index (Phi) is 6.59. The summed E-state index contributed by atoms with van der Waals surface area (Å²) in [6.07, 6.45) is 6.61. The van der Waals surface area contributed by atoms with E-state index in [1.54, 1.807) is 0 Å². The van der Waals surface area contributed by atoms with Gasteiger partial charge in [0.15, 0.2) is 0 Å². The predicted octanol–water partition coefficient (Wildman–Crippen LogP) is 3.33. The molecule has 1 fully saturated rings. The van der Waals surface area contributed by atoms with Crippen molar-refractivity contribution in [2.45, 2.75) is 45.4 Å². The number of likely N-dealkylation sites (tertiary alicyclic amines) is 1. The van der Waals surface area contributed by atoms with Crippen LogP contribution in [-0.2, 0) is 9.59 Å². The smallest absolute Gasteiger partial charge is 0.226 e. The minimum Gasteiger partial charge on any atom is -0.370 e. The van der Waals surface area contributed by atoms with Crippen molar-refractivity contribution in [3.63, 3.8) is 0 Å². The van der Waals surface area contributed by atoms with Gasteiger partial charge >= 0.3 is 0 Å². The number of benzene rings is 1. The van der Waals surface area contributed by atoms with E-state index in [0.717, 1.165) is 24.9 Å². The second-order valence-corrected chi connectivity index (χ2v) is 6.95. The highest BCUT2D eigenvalue weighted by Gasteiger charge is 2.23. The van der Waals surface area contributed by atoms with Crippen molar-refractivity contribution in [2.75, 3.05) is 13.1 Å². The molecule has 1 aromatic carbocycles. The quantitative estimate of drug-likeness (QED) is 0.870. The van der Waals surface area contributed by atoms with Crippen LogP contribution in [0.3, 0.4) is 0 Å². The summed E-state index contributed by atoms with van der Waals surface area (Å²) < 4.78 is 0. The Morgan fingerprint density at radius 2 is 2.00 bits per heavy atom. The summed E-state index contributed by atoms with van der Waals surface area (Å²) in [4.78, 5) is 25.2. The molecule has 1 aromatic rings. The molecule has 2 N–H and O–H groups in total. The number of piperidine rings is 1. The summed E-state index contributed by atoms with van der Waals surface area (Å²) in [6.45, 7) is 5.78. The van der Waals surface area contributed by atoms with E-state index in [-0.39, 0.29) is 17.7 Å². The summed E-state index contributed by atoms with van der Waals surface area (Å²) in [5, 5.41) is 0. The van der Waals surface area contributed by atoms with Gasteiger partial charge < -0.3 is 10.6 Å². The number of carbonyl (C=O) groups excluding carboxylic acids is 2. The lowest BCUT2D eigenvalue weighted by atomic mass is 9.94. The van der Waals surface area contributed by atoms with E-state index in [0.29, 0.717) is 25.3 Å². The number of rotatable bonds is 6. The van der Waals surface area contributed by atoms with Crippen molar-refractivity contribution in [1.82, 2.24) is 4.90 Å². The molecule has 1 aliphatic heterocycles. The van der Waals surface area contributed by atoms with Crippen molar-refractivity contribution in [2.24, 2.45) is 11.7 Å². The average molecular weight is 328 g/mol. The molecule has 4 heteroatoms. The number of hydrogen-bond donors (Lipinski definition) is 1. The third kappa shape index (κ3) is 5.52. The summed E-state index contributed by atoms with van der Waals surface area (Å²) in [5.74, 6) is 0.586. The van der Waals surface area contributed by atoms with Gasteiger partial charge in [-0.15, -0.1) is 0 Å². The van der Waals surface area contributed by atoms with Crippen LogP contribution in [0.25, 0.3) is 6.08 Å². The lowest BCUT2D eigenvalue weighted by molar-refractivity contribution is -0.133. The van der Waals surface area contributed by atoms with Crippen molar-refractivity contribution >= 4 is 17.9 Å². The Hall–Kier alpha value is -2.10. The number of nitrogens with zero attached hydrogens (tertiary/aromatic N) is 1. The number of amides is 2. The van der Waals surface area contributed by atoms with E-state index in [1.807, 2.05) is 17.1 Å². The molecular formula is C20H28N2O2. The van der Waals surface area contributed by atoms with Gasteiger partial charge in [0.05, 0.1) is 0 Å². The fraction of sp³-hybridized carbons (Fsp3) is 0.500. The summed E-state index contributed by atoms with van der Waals surface area (Å²) in [5.41, 5.74) is 7.69. The minimum atomic E-state index is -0.279. The maximum Gasteiger partial charge on any atom is 0.226 e. The van der Waals surface area contributed by atoms with Gasteiger partial charge in [-0.3, -0.25) is 9.59 Å². The zero-order valence-corrected chi connectivity index (χ0v) is 14.7. The van der Waals surface area contributed by atoms with Crippen molar-refractivity contribution < 1.29 is 9.59 Å². The number of nitrogens with two attached hydrogens (primary N) is 1. The zero-order chi connectivity index (χ0) is 17.5. The first-order valence-corrected chi connectivity index (χ1v) is 8.78. The van der Waals surface area contributed by atoms with E-state index in [9.17, 15) is 9.59 Å². The third-order valence-electron chi connectivity index (χ3n) is 4.57. The Labute approximate surface area is 144 Å². The van der Waals surface area contributed by atoms with Crippen LogP contribution in [-0.4, -0.2) is 29.8 Å². The SMILES string of the molecule is CC(C)c1ccc(C=CCC(=O)N2CCCC(CC(N)=O)C2)cc1. The van der Waals surface area contributed by atoms with Gasteiger partial charge in [0.1, 0.15) is 0 Å². The third-order valence-corrected chi connectivity index (χ3v) is 4.57. The first kappa shape index (κ1) is 18.2. The monoisotopic (exact) mass is 328 g/mol. The normalized spacial score (nSPS) is 18.3. The van der Waals surface area contributed by atoms with Gasteiger partial charge in [0.2, 0.25) is 11.8 Å². The van der Waals surface area contributed by atoms with Gasteiger partial charge in [-0.1, -0.05) is 50.3 Å². The summed E-state index contributed by atoms with van der Waals surface area (Å²) in [7, 11) is 0.